The first kappa shape index (κ1) is 20.6. The summed E-state index contributed by atoms with van der Waals surface area (Å²) < 4.78 is 0. The number of carbonyl (C=O) groups is 3. The summed E-state index contributed by atoms with van der Waals surface area (Å²) in [4.78, 5) is 38.0. The van der Waals surface area contributed by atoms with Gasteiger partial charge in [0, 0.05) is 35.6 Å². The molecule has 6 nitrogen and oxygen atoms in total. The molecule has 0 saturated heterocycles. The Morgan fingerprint density at radius 1 is 0.828 bits per heavy atom. The lowest BCUT2D eigenvalue weighted by Crippen LogP contribution is -2.25. The quantitative estimate of drug-likeness (QED) is 0.460. The lowest BCUT2D eigenvalue weighted by atomic mass is 9.81. The topological polar surface area (TPSA) is 95.5 Å². The molecule has 3 N–H and O–H groups in total. The van der Waals surface area contributed by atoms with E-state index in [-0.39, 0.29) is 28.3 Å². The number of nitrogens with one attached hydrogen (secondary N) is 2. The highest BCUT2D eigenvalue weighted by Gasteiger charge is 2.34. The molecular weight excluding hydrogens is 368 g/mol. The maximum atomic E-state index is 13.4. The standard InChI is InChI=1S/C23H26N2O4/c1-3-5-11-24-17-9-10-18(25-12-6-4-2)20-19(17)21(26)15-8-7-14(23(28)29)13-16(15)22(20)27/h7-10,13,24-25H,3-6,11-12H2,1-2H3,(H,28,29). The summed E-state index contributed by atoms with van der Waals surface area (Å²) in [5.74, 6) is -1.71. The van der Waals surface area contributed by atoms with Crippen LogP contribution in [0.4, 0.5) is 11.4 Å². The van der Waals surface area contributed by atoms with E-state index in [9.17, 15) is 19.5 Å². The van der Waals surface area contributed by atoms with Crippen LogP contribution in [-0.4, -0.2) is 35.7 Å². The minimum Gasteiger partial charge on any atom is -0.478 e. The molecule has 1 aliphatic rings. The van der Waals surface area contributed by atoms with Crippen LogP contribution >= 0.6 is 0 Å². The van der Waals surface area contributed by atoms with Crippen molar-refractivity contribution in [2.45, 2.75) is 39.5 Å². The summed E-state index contributed by atoms with van der Waals surface area (Å²) in [6.07, 6.45) is 3.90. The van der Waals surface area contributed by atoms with Gasteiger partial charge in [-0.1, -0.05) is 26.7 Å². The maximum Gasteiger partial charge on any atom is 0.335 e. The van der Waals surface area contributed by atoms with Gasteiger partial charge in [-0.05, 0) is 43.2 Å². The van der Waals surface area contributed by atoms with E-state index < -0.39 is 5.97 Å². The Hall–Kier alpha value is -3.15. The average Bonchev–Trinajstić information content (AvgIpc) is 2.72. The summed E-state index contributed by atoms with van der Waals surface area (Å²) in [7, 11) is 0. The van der Waals surface area contributed by atoms with Crippen molar-refractivity contribution in [1.82, 2.24) is 0 Å². The Morgan fingerprint density at radius 2 is 1.34 bits per heavy atom. The molecule has 0 spiro atoms. The minimum atomic E-state index is -1.13. The number of fused-ring (bicyclic) bond motifs is 2. The fourth-order valence-electron chi connectivity index (χ4n) is 3.50. The molecule has 152 valence electrons. The van der Waals surface area contributed by atoms with Gasteiger partial charge in [0.15, 0.2) is 11.6 Å². The second-order valence-electron chi connectivity index (χ2n) is 7.20. The van der Waals surface area contributed by atoms with Crippen molar-refractivity contribution in [3.8, 4) is 0 Å². The van der Waals surface area contributed by atoms with E-state index >= 15 is 0 Å². The van der Waals surface area contributed by atoms with Crippen molar-refractivity contribution in [2.24, 2.45) is 0 Å². The Balaban J connectivity index is 2.12. The van der Waals surface area contributed by atoms with Gasteiger partial charge in [0.1, 0.15) is 0 Å². The van der Waals surface area contributed by atoms with Gasteiger partial charge in [-0.2, -0.15) is 0 Å². The highest BCUT2D eigenvalue weighted by Crippen LogP contribution is 2.37. The van der Waals surface area contributed by atoms with Crippen LogP contribution in [0.5, 0.6) is 0 Å². The number of benzene rings is 2. The number of unbranched alkanes of at least 4 members (excludes halogenated alkanes) is 2. The van der Waals surface area contributed by atoms with E-state index in [0.29, 0.717) is 35.6 Å². The molecular formula is C23H26N2O4. The van der Waals surface area contributed by atoms with Crippen molar-refractivity contribution < 1.29 is 19.5 Å². The molecule has 0 radical (unpaired) electrons. The second kappa shape index (κ2) is 8.90. The molecule has 0 saturated carbocycles. The van der Waals surface area contributed by atoms with Crippen molar-refractivity contribution in [1.29, 1.82) is 0 Å². The number of hydrogen-bond acceptors (Lipinski definition) is 5. The SMILES string of the molecule is CCCCNc1ccc(NCCCC)c2c1C(=O)c1ccc(C(=O)O)cc1C2=O. The summed E-state index contributed by atoms with van der Waals surface area (Å²) in [6.45, 7) is 5.56. The molecule has 3 rings (SSSR count). The number of hydrogen-bond donors (Lipinski definition) is 3. The lowest BCUT2D eigenvalue weighted by Gasteiger charge is -2.24. The zero-order chi connectivity index (χ0) is 21.0. The average molecular weight is 394 g/mol. The molecule has 0 fully saturated rings. The van der Waals surface area contributed by atoms with E-state index in [0.717, 1.165) is 25.7 Å². The van der Waals surface area contributed by atoms with Crippen LogP contribution in [0.25, 0.3) is 0 Å². The molecule has 2 aromatic rings. The molecule has 0 atom stereocenters. The summed E-state index contributed by atoms with van der Waals surface area (Å²) in [6, 6.07) is 7.76. The van der Waals surface area contributed by atoms with Gasteiger partial charge >= 0.3 is 5.97 Å². The zero-order valence-electron chi connectivity index (χ0n) is 16.8. The van der Waals surface area contributed by atoms with Crippen molar-refractivity contribution in [3.63, 3.8) is 0 Å². The van der Waals surface area contributed by atoms with Crippen molar-refractivity contribution in [2.75, 3.05) is 23.7 Å². The molecule has 29 heavy (non-hydrogen) atoms. The van der Waals surface area contributed by atoms with Crippen LogP contribution < -0.4 is 10.6 Å². The molecule has 0 amide bonds. The van der Waals surface area contributed by atoms with Crippen molar-refractivity contribution in [3.05, 3.63) is 58.1 Å². The Bertz CT molecular complexity index is 966. The number of carbonyl (C=O) groups excluding carboxylic acids is 2. The van der Waals surface area contributed by atoms with E-state index in [2.05, 4.69) is 24.5 Å². The van der Waals surface area contributed by atoms with E-state index in [1.165, 1.54) is 18.2 Å². The largest absolute Gasteiger partial charge is 0.478 e. The van der Waals surface area contributed by atoms with E-state index in [1.807, 2.05) is 12.1 Å². The minimum absolute atomic E-state index is 0.00827. The first-order valence-electron chi connectivity index (χ1n) is 10.1. The van der Waals surface area contributed by atoms with Crippen LogP contribution in [0.2, 0.25) is 0 Å². The third kappa shape index (κ3) is 4.01. The highest BCUT2D eigenvalue weighted by atomic mass is 16.4. The van der Waals surface area contributed by atoms with Gasteiger partial charge in [0.05, 0.1) is 16.7 Å². The van der Waals surface area contributed by atoms with Crippen molar-refractivity contribution >= 4 is 28.9 Å². The van der Waals surface area contributed by atoms with Gasteiger partial charge in [-0.25, -0.2) is 4.79 Å². The molecule has 0 unspecified atom stereocenters. The van der Waals surface area contributed by atoms with Crippen LogP contribution in [0.1, 0.15) is 81.7 Å². The molecule has 0 bridgehead atoms. The Kier molecular flexibility index (Phi) is 6.32. The fraction of sp³-hybridized carbons (Fsp3) is 0.348. The third-order valence-electron chi connectivity index (χ3n) is 5.11. The first-order valence-corrected chi connectivity index (χ1v) is 10.1. The number of anilines is 2. The number of rotatable bonds is 9. The number of ketones is 2. The third-order valence-corrected chi connectivity index (χ3v) is 5.11. The number of aromatic carboxylic acids is 1. The van der Waals surface area contributed by atoms with Gasteiger partial charge in [0.25, 0.3) is 0 Å². The summed E-state index contributed by atoms with van der Waals surface area (Å²) >= 11 is 0. The summed E-state index contributed by atoms with van der Waals surface area (Å²) in [5, 5.41) is 15.8. The van der Waals surface area contributed by atoms with Crippen LogP contribution in [0.3, 0.4) is 0 Å². The number of carboxylic acids is 1. The maximum absolute atomic E-state index is 13.4. The fourth-order valence-corrected chi connectivity index (χ4v) is 3.50. The smallest absolute Gasteiger partial charge is 0.335 e. The Morgan fingerprint density at radius 3 is 1.83 bits per heavy atom. The molecule has 1 aliphatic carbocycles. The van der Waals surface area contributed by atoms with Crippen LogP contribution in [0.15, 0.2) is 30.3 Å². The predicted octanol–water partition coefficient (Wildman–Crippen LogP) is 4.58. The lowest BCUT2D eigenvalue weighted by molar-refractivity contribution is 0.0696. The normalized spacial score (nSPS) is 12.3. The molecule has 0 aliphatic heterocycles. The van der Waals surface area contributed by atoms with Crippen LogP contribution in [0, 0.1) is 0 Å². The van der Waals surface area contributed by atoms with Gasteiger partial charge in [-0.3, -0.25) is 9.59 Å². The highest BCUT2D eigenvalue weighted by molar-refractivity contribution is 6.32. The summed E-state index contributed by atoms with van der Waals surface area (Å²) in [5.41, 5.74) is 2.32. The van der Waals surface area contributed by atoms with Gasteiger partial charge in [-0.15, -0.1) is 0 Å². The molecule has 0 aromatic heterocycles. The van der Waals surface area contributed by atoms with Gasteiger partial charge in [0.2, 0.25) is 0 Å². The van der Waals surface area contributed by atoms with E-state index in [4.69, 9.17) is 0 Å². The monoisotopic (exact) mass is 394 g/mol. The predicted molar refractivity (Wildman–Crippen MR) is 114 cm³/mol. The van der Waals surface area contributed by atoms with E-state index in [1.54, 1.807) is 0 Å². The first-order chi connectivity index (χ1) is 14.0. The molecule has 6 heteroatoms. The van der Waals surface area contributed by atoms with Crippen LogP contribution in [-0.2, 0) is 0 Å². The number of carboxylic acid groups (broad SMARTS) is 1. The Labute approximate surface area is 170 Å². The second-order valence-corrected chi connectivity index (χ2v) is 7.20. The van der Waals surface area contributed by atoms with Gasteiger partial charge < -0.3 is 15.7 Å². The zero-order valence-corrected chi connectivity index (χ0v) is 16.8. The molecule has 0 heterocycles. The molecule has 2 aromatic carbocycles.